The highest BCUT2D eigenvalue weighted by Gasteiger charge is 2.31. The van der Waals surface area contributed by atoms with E-state index in [1.54, 1.807) is 13.2 Å². The van der Waals surface area contributed by atoms with Gasteiger partial charge in [-0.25, -0.2) is 0 Å². The molecule has 1 atom stereocenters. The molecule has 1 aliphatic heterocycles. The van der Waals surface area contributed by atoms with Crippen molar-refractivity contribution in [2.75, 3.05) is 44.2 Å². The van der Waals surface area contributed by atoms with Crippen LogP contribution in [0.15, 0.2) is 53.1 Å². The molecule has 0 spiro atoms. The van der Waals surface area contributed by atoms with Crippen LogP contribution in [-0.4, -0.2) is 51.1 Å². The van der Waals surface area contributed by atoms with Gasteiger partial charge in [-0.1, -0.05) is 18.2 Å². The van der Waals surface area contributed by atoms with Crippen molar-refractivity contribution in [2.24, 2.45) is 0 Å². The number of para-hydroxylation sites is 1. The van der Waals surface area contributed by atoms with Crippen molar-refractivity contribution < 1.29 is 18.9 Å². The van der Waals surface area contributed by atoms with Crippen LogP contribution in [0.2, 0.25) is 0 Å². The maximum atomic E-state index is 12.0. The molecule has 7 heteroatoms. The zero-order chi connectivity index (χ0) is 19.1. The van der Waals surface area contributed by atoms with Gasteiger partial charge >= 0.3 is 11.8 Å². The molecule has 0 aliphatic carbocycles. The van der Waals surface area contributed by atoms with Crippen LogP contribution in [-0.2, 0) is 9.59 Å². The van der Waals surface area contributed by atoms with Gasteiger partial charge in [-0.15, -0.1) is 0 Å². The Labute approximate surface area is 159 Å². The van der Waals surface area contributed by atoms with Gasteiger partial charge in [0.2, 0.25) is 0 Å². The summed E-state index contributed by atoms with van der Waals surface area (Å²) in [5, 5.41) is 5.27. The number of furan rings is 1. The molecule has 1 saturated heterocycles. The molecule has 3 rings (SSSR count). The first kappa shape index (κ1) is 19.0. The van der Waals surface area contributed by atoms with E-state index in [0.29, 0.717) is 13.1 Å². The van der Waals surface area contributed by atoms with Crippen molar-refractivity contribution in [3.63, 3.8) is 0 Å². The van der Waals surface area contributed by atoms with Crippen LogP contribution < -0.4 is 20.4 Å². The normalized spacial score (nSPS) is 16.0. The number of carbonyl (C=O) groups is 2. The average molecular weight is 371 g/mol. The number of hydrogen-bond acceptors (Lipinski definition) is 4. The Hall–Kier alpha value is -2.80. The van der Waals surface area contributed by atoms with E-state index in [9.17, 15) is 9.59 Å². The third-order valence-corrected chi connectivity index (χ3v) is 4.92. The molecule has 1 aromatic heterocycles. The molecule has 2 aromatic rings. The van der Waals surface area contributed by atoms with Crippen LogP contribution in [0.4, 0.5) is 5.69 Å². The summed E-state index contributed by atoms with van der Waals surface area (Å²) < 4.78 is 5.61. The number of likely N-dealkylation sites (N-methyl/N-ethyl adjacent to an activating group) is 1. The molecule has 0 bridgehead atoms. The van der Waals surface area contributed by atoms with Gasteiger partial charge in [0.15, 0.2) is 11.8 Å². The van der Waals surface area contributed by atoms with Gasteiger partial charge in [0.05, 0.1) is 39.0 Å². The minimum Gasteiger partial charge on any atom is -0.463 e. The second kappa shape index (κ2) is 9.23. The summed E-state index contributed by atoms with van der Waals surface area (Å²) in [6.45, 7) is 6.30. The third kappa shape index (κ3) is 4.89. The van der Waals surface area contributed by atoms with E-state index in [0.717, 1.165) is 31.9 Å². The Morgan fingerprint density at radius 1 is 1.07 bits per heavy atom. The van der Waals surface area contributed by atoms with Crippen molar-refractivity contribution in [3.8, 4) is 0 Å². The summed E-state index contributed by atoms with van der Waals surface area (Å²) in [4.78, 5) is 27.3. The minimum atomic E-state index is -0.601. The van der Waals surface area contributed by atoms with Crippen LogP contribution in [0.25, 0.3) is 0 Å². The second-order valence-electron chi connectivity index (χ2n) is 6.62. The van der Waals surface area contributed by atoms with Gasteiger partial charge in [-0.2, -0.15) is 0 Å². The van der Waals surface area contributed by atoms with Crippen LogP contribution in [0.3, 0.4) is 0 Å². The number of nitrogens with zero attached hydrogens (tertiary/aromatic N) is 1. The van der Waals surface area contributed by atoms with Crippen molar-refractivity contribution >= 4 is 17.5 Å². The second-order valence-corrected chi connectivity index (χ2v) is 6.62. The molecule has 1 aliphatic rings. The Kier molecular flexibility index (Phi) is 6.49. The lowest BCUT2D eigenvalue weighted by molar-refractivity contribution is -0.932. The van der Waals surface area contributed by atoms with E-state index >= 15 is 0 Å². The molecule has 2 heterocycles. The molecule has 0 saturated carbocycles. The number of benzene rings is 1. The van der Waals surface area contributed by atoms with E-state index in [-0.39, 0.29) is 6.04 Å². The molecular weight excluding hydrogens is 344 g/mol. The quantitative estimate of drug-likeness (QED) is 0.624. The van der Waals surface area contributed by atoms with Gasteiger partial charge in [-0.05, 0) is 31.2 Å². The van der Waals surface area contributed by atoms with E-state index in [1.807, 2.05) is 18.2 Å². The maximum Gasteiger partial charge on any atom is 0.309 e. The summed E-state index contributed by atoms with van der Waals surface area (Å²) in [5.41, 5.74) is 1.23. The Morgan fingerprint density at radius 3 is 2.41 bits per heavy atom. The van der Waals surface area contributed by atoms with Crippen molar-refractivity contribution in [1.82, 2.24) is 10.6 Å². The number of quaternary nitrogens is 1. The van der Waals surface area contributed by atoms with Crippen LogP contribution in [0.5, 0.6) is 0 Å². The standard InChI is InChI=1S/C20H26N4O3/c1-2-21-19(25)20(26)22-15-17(18-9-6-14-27-18)24-12-10-23(11-13-24)16-7-4-3-5-8-16/h3-9,14,17H,2,10-13,15H2,1H3,(H,21,25)(H,22,26)/p+1/t17-/m1/s1. The van der Waals surface area contributed by atoms with Crippen molar-refractivity contribution in [2.45, 2.75) is 13.0 Å². The SMILES string of the molecule is CCNC(=O)C(=O)NC[C@H](c1ccco1)[NH+]1CCN(c2ccccc2)CC1. The van der Waals surface area contributed by atoms with E-state index in [4.69, 9.17) is 4.42 Å². The maximum absolute atomic E-state index is 12.0. The summed E-state index contributed by atoms with van der Waals surface area (Å²) in [7, 11) is 0. The van der Waals surface area contributed by atoms with Crippen molar-refractivity contribution in [1.29, 1.82) is 0 Å². The molecule has 7 nitrogen and oxygen atoms in total. The first-order valence-electron chi connectivity index (χ1n) is 9.43. The molecule has 0 unspecified atom stereocenters. The highest BCUT2D eigenvalue weighted by molar-refractivity contribution is 6.35. The Bertz CT molecular complexity index is 725. The van der Waals surface area contributed by atoms with Gasteiger partial charge in [-0.3, -0.25) is 9.59 Å². The molecular formula is C20H27N4O3+. The number of nitrogens with one attached hydrogen (secondary N) is 3. The smallest absolute Gasteiger partial charge is 0.309 e. The molecule has 0 radical (unpaired) electrons. The molecule has 1 fully saturated rings. The van der Waals surface area contributed by atoms with E-state index < -0.39 is 11.8 Å². The fourth-order valence-electron chi connectivity index (χ4n) is 3.49. The summed E-state index contributed by atoms with van der Waals surface area (Å²) >= 11 is 0. The first-order valence-corrected chi connectivity index (χ1v) is 9.43. The average Bonchev–Trinajstić information content (AvgIpc) is 3.24. The summed E-state index contributed by atoms with van der Waals surface area (Å²) in [6, 6.07) is 14.1. The topological polar surface area (TPSA) is 79.0 Å². The molecule has 27 heavy (non-hydrogen) atoms. The predicted molar refractivity (Wildman–Crippen MR) is 102 cm³/mol. The number of piperazine rings is 1. The Morgan fingerprint density at radius 2 is 1.78 bits per heavy atom. The van der Waals surface area contributed by atoms with Crippen LogP contribution in [0, 0.1) is 0 Å². The summed E-state index contributed by atoms with van der Waals surface area (Å²) in [5.74, 6) is -0.371. The minimum absolute atomic E-state index is 0.0173. The lowest BCUT2D eigenvalue weighted by Gasteiger charge is -2.37. The number of carbonyl (C=O) groups excluding carboxylic acids is 2. The number of hydrogen-bond donors (Lipinski definition) is 3. The number of rotatable bonds is 6. The van der Waals surface area contributed by atoms with Crippen LogP contribution >= 0.6 is 0 Å². The lowest BCUT2D eigenvalue weighted by atomic mass is 10.1. The lowest BCUT2D eigenvalue weighted by Crippen LogP contribution is -3.15. The first-order chi connectivity index (χ1) is 13.2. The Balaban J connectivity index is 1.61. The monoisotopic (exact) mass is 371 g/mol. The number of amides is 2. The largest absolute Gasteiger partial charge is 0.463 e. The fourth-order valence-corrected chi connectivity index (χ4v) is 3.49. The van der Waals surface area contributed by atoms with Gasteiger partial charge in [0, 0.05) is 12.2 Å². The number of anilines is 1. The predicted octanol–water partition coefficient (Wildman–Crippen LogP) is -0.0219. The van der Waals surface area contributed by atoms with Gasteiger partial charge in [0.1, 0.15) is 0 Å². The highest BCUT2D eigenvalue weighted by Crippen LogP contribution is 2.14. The fraction of sp³-hybridized carbons (Fsp3) is 0.400. The molecule has 144 valence electrons. The van der Waals surface area contributed by atoms with E-state index in [1.165, 1.54) is 10.6 Å². The summed E-state index contributed by atoms with van der Waals surface area (Å²) in [6.07, 6.45) is 1.65. The third-order valence-electron chi connectivity index (χ3n) is 4.92. The van der Waals surface area contributed by atoms with Crippen LogP contribution in [0.1, 0.15) is 18.7 Å². The molecule has 1 aromatic carbocycles. The van der Waals surface area contributed by atoms with Gasteiger partial charge in [0.25, 0.3) is 0 Å². The van der Waals surface area contributed by atoms with Gasteiger partial charge < -0.3 is 24.9 Å². The van der Waals surface area contributed by atoms with Crippen molar-refractivity contribution in [3.05, 3.63) is 54.5 Å². The zero-order valence-electron chi connectivity index (χ0n) is 15.6. The highest BCUT2D eigenvalue weighted by atomic mass is 16.3. The molecule has 3 N–H and O–H groups in total. The zero-order valence-corrected chi connectivity index (χ0v) is 15.6. The van der Waals surface area contributed by atoms with E-state index in [2.05, 4.69) is 39.8 Å². The molecule has 2 amide bonds.